The summed E-state index contributed by atoms with van der Waals surface area (Å²) in [6.07, 6.45) is 1.59. The Hall–Kier alpha value is -2.64. The Morgan fingerprint density at radius 1 is 1.18 bits per heavy atom. The van der Waals surface area contributed by atoms with Gasteiger partial charge in [0.25, 0.3) is 5.91 Å². The minimum Gasteiger partial charge on any atom is -0.491 e. The Balaban J connectivity index is 1.55. The molecule has 2 atom stereocenters. The van der Waals surface area contributed by atoms with Gasteiger partial charge in [-0.05, 0) is 67.1 Å². The van der Waals surface area contributed by atoms with Crippen LogP contribution in [0.4, 0.5) is 0 Å². The monoisotopic (exact) mass is 540 g/mol. The van der Waals surface area contributed by atoms with Gasteiger partial charge in [0, 0.05) is 27.5 Å². The molecule has 0 spiro atoms. The molecule has 3 aromatic rings. The van der Waals surface area contributed by atoms with E-state index < -0.39 is 0 Å². The van der Waals surface area contributed by atoms with Crippen LogP contribution in [0.1, 0.15) is 47.1 Å². The summed E-state index contributed by atoms with van der Waals surface area (Å²) >= 11 is 5.17. The second kappa shape index (κ2) is 11.2. The lowest BCUT2D eigenvalue weighted by molar-refractivity contribution is -0.136. The van der Waals surface area contributed by atoms with Crippen LogP contribution in [0.25, 0.3) is 0 Å². The summed E-state index contributed by atoms with van der Waals surface area (Å²) in [6.45, 7) is 5.07. The molecule has 178 valence electrons. The van der Waals surface area contributed by atoms with Gasteiger partial charge in [-0.25, -0.2) is 0 Å². The summed E-state index contributed by atoms with van der Waals surface area (Å²) in [4.78, 5) is 31.9. The zero-order chi connectivity index (χ0) is 24.1. The molecular formula is C27H29BrN2O3S. The number of benzene rings is 2. The molecule has 2 aromatic carbocycles. The zero-order valence-electron chi connectivity index (χ0n) is 19.4. The van der Waals surface area contributed by atoms with Crippen LogP contribution in [-0.2, 0) is 11.2 Å². The van der Waals surface area contributed by atoms with Crippen LogP contribution in [0.2, 0.25) is 0 Å². The SMILES string of the molecule is CC[C@H](C)N(CC(=O)N1CCc2sccc2[C@H]1COc1ccccc1)C(=O)c1cccc(Br)c1. The summed E-state index contributed by atoms with van der Waals surface area (Å²) in [5.41, 5.74) is 1.72. The number of carbonyl (C=O) groups is 2. The first kappa shape index (κ1) is 24.5. The highest BCUT2D eigenvalue weighted by Gasteiger charge is 2.34. The van der Waals surface area contributed by atoms with Crippen molar-refractivity contribution < 1.29 is 14.3 Å². The highest BCUT2D eigenvalue weighted by Crippen LogP contribution is 2.34. The molecule has 0 fully saturated rings. The molecule has 0 unspecified atom stereocenters. The van der Waals surface area contributed by atoms with E-state index in [2.05, 4.69) is 27.4 Å². The first-order valence-electron chi connectivity index (χ1n) is 11.6. The van der Waals surface area contributed by atoms with Gasteiger partial charge in [-0.15, -0.1) is 11.3 Å². The topological polar surface area (TPSA) is 49.9 Å². The number of halogens is 1. The maximum atomic E-state index is 13.7. The standard InChI is InChI=1S/C27H29BrN2O3S/c1-3-19(2)30(27(32)20-8-7-9-21(28)16-20)17-26(31)29-14-12-25-23(13-15-34-25)24(29)18-33-22-10-5-4-6-11-22/h4-11,13,15-16,19,24H,3,12,14,17-18H2,1-2H3/t19-,24+/m0/s1. The third-order valence-corrected chi connectivity index (χ3v) is 7.82. The van der Waals surface area contributed by atoms with Crippen molar-refractivity contribution in [2.24, 2.45) is 0 Å². The van der Waals surface area contributed by atoms with Gasteiger partial charge in [-0.3, -0.25) is 9.59 Å². The van der Waals surface area contributed by atoms with E-state index in [9.17, 15) is 9.59 Å². The summed E-state index contributed by atoms with van der Waals surface area (Å²) in [5, 5.41) is 2.08. The lowest BCUT2D eigenvalue weighted by atomic mass is 10.00. The molecule has 1 aliphatic heterocycles. The fraction of sp³-hybridized carbons (Fsp3) is 0.333. The lowest BCUT2D eigenvalue weighted by Gasteiger charge is -2.38. The smallest absolute Gasteiger partial charge is 0.254 e. The molecule has 0 radical (unpaired) electrons. The Morgan fingerprint density at radius 3 is 2.71 bits per heavy atom. The number of hydrogen-bond donors (Lipinski definition) is 0. The zero-order valence-corrected chi connectivity index (χ0v) is 21.8. The van der Waals surface area contributed by atoms with Crippen molar-refractivity contribution in [3.8, 4) is 5.75 Å². The summed E-state index contributed by atoms with van der Waals surface area (Å²) < 4.78 is 6.92. The normalized spacial score (nSPS) is 16.0. The van der Waals surface area contributed by atoms with Crippen LogP contribution in [-0.4, -0.2) is 47.4 Å². The third-order valence-electron chi connectivity index (χ3n) is 6.33. The summed E-state index contributed by atoms with van der Waals surface area (Å²) in [6, 6.07) is 18.9. The molecule has 2 heterocycles. The lowest BCUT2D eigenvalue weighted by Crippen LogP contribution is -2.49. The van der Waals surface area contributed by atoms with E-state index >= 15 is 0 Å². The number of amides is 2. The molecule has 0 aliphatic carbocycles. The van der Waals surface area contributed by atoms with Crippen LogP contribution in [0, 0.1) is 0 Å². The van der Waals surface area contributed by atoms with E-state index in [0.717, 1.165) is 28.6 Å². The van der Waals surface area contributed by atoms with Crippen molar-refractivity contribution in [2.75, 3.05) is 19.7 Å². The average Bonchev–Trinajstić information content (AvgIpc) is 3.34. The van der Waals surface area contributed by atoms with E-state index in [1.54, 1.807) is 28.4 Å². The van der Waals surface area contributed by atoms with Crippen molar-refractivity contribution in [3.63, 3.8) is 0 Å². The summed E-state index contributed by atoms with van der Waals surface area (Å²) in [5.74, 6) is 0.597. The van der Waals surface area contributed by atoms with Crippen molar-refractivity contribution in [1.82, 2.24) is 9.80 Å². The van der Waals surface area contributed by atoms with Crippen LogP contribution in [0.3, 0.4) is 0 Å². The van der Waals surface area contributed by atoms with E-state index in [1.807, 2.05) is 61.2 Å². The molecular weight excluding hydrogens is 512 g/mol. The Labute approximate surface area is 213 Å². The number of rotatable bonds is 8. The number of fused-ring (bicyclic) bond motifs is 1. The molecule has 5 nitrogen and oxygen atoms in total. The Morgan fingerprint density at radius 2 is 1.97 bits per heavy atom. The minimum absolute atomic E-state index is 0.0433. The number of para-hydroxylation sites is 1. The van der Waals surface area contributed by atoms with Gasteiger partial charge >= 0.3 is 0 Å². The summed E-state index contributed by atoms with van der Waals surface area (Å²) in [7, 11) is 0. The van der Waals surface area contributed by atoms with E-state index in [1.165, 1.54) is 4.88 Å². The van der Waals surface area contributed by atoms with Gasteiger partial charge in [0.15, 0.2) is 0 Å². The fourth-order valence-corrected chi connectivity index (χ4v) is 5.57. The van der Waals surface area contributed by atoms with Gasteiger partial charge < -0.3 is 14.5 Å². The average molecular weight is 542 g/mol. The highest BCUT2D eigenvalue weighted by molar-refractivity contribution is 9.10. The van der Waals surface area contributed by atoms with Gasteiger partial charge in [0.1, 0.15) is 18.9 Å². The van der Waals surface area contributed by atoms with Crippen molar-refractivity contribution >= 4 is 39.1 Å². The van der Waals surface area contributed by atoms with Gasteiger partial charge in [-0.2, -0.15) is 0 Å². The molecule has 0 N–H and O–H groups in total. The third kappa shape index (κ3) is 5.53. The number of hydrogen-bond acceptors (Lipinski definition) is 4. The molecule has 0 bridgehead atoms. The quantitative estimate of drug-likeness (QED) is 0.354. The van der Waals surface area contributed by atoms with Crippen molar-refractivity contribution in [3.05, 3.63) is 86.5 Å². The fourth-order valence-electron chi connectivity index (χ4n) is 4.24. The predicted molar refractivity (Wildman–Crippen MR) is 139 cm³/mol. The van der Waals surface area contributed by atoms with Crippen molar-refractivity contribution in [1.29, 1.82) is 0 Å². The number of carbonyl (C=O) groups excluding carboxylic acids is 2. The maximum Gasteiger partial charge on any atom is 0.254 e. The molecule has 7 heteroatoms. The molecule has 0 saturated carbocycles. The van der Waals surface area contributed by atoms with Crippen molar-refractivity contribution in [2.45, 2.75) is 38.8 Å². The van der Waals surface area contributed by atoms with Crippen LogP contribution >= 0.6 is 27.3 Å². The molecule has 4 rings (SSSR count). The number of thiophene rings is 1. The number of nitrogens with zero attached hydrogens (tertiary/aromatic N) is 2. The van der Waals surface area contributed by atoms with Gasteiger partial charge in [-0.1, -0.05) is 47.1 Å². The largest absolute Gasteiger partial charge is 0.491 e. The first-order chi connectivity index (χ1) is 16.5. The van der Waals surface area contributed by atoms with Crippen LogP contribution < -0.4 is 4.74 Å². The molecule has 34 heavy (non-hydrogen) atoms. The molecule has 1 aromatic heterocycles. The van der Waals surface area contributed by atoms with Gasteiger partial charge in [0.05, 0.1) is 6.04 Å². The van der Waals surface area contributed by atoms with E-state index in [-0.39, 0.29) is 30.4 Å². The molecule has 2 amide bonds. The Bertz CT molecular complexity index is 1130. The van der Waals surface area contributed by atoms with Crippen LogP contribution in [0.5, 0.6) is 5.75 Å². The first-order valence-corrected chi connectivity index (χ1v) is 13.2. The Kier molecular flexibility index (Phi) is 8.06. The number of ether oxygens (including phenoxy) is 1. The molecule has 1 aliphatic rings. The predicted octanol–water partition coefficient (Wildman–Crippen LogP) is 5.96. The van der Waals surface area contributed by atoms with Gasteiger partial charge in [0.2, 0.25) is 5.91 Å². The highest BCUT2D eigenvalue weighted by atomic mass is 79.9. The van der Waals surface area contributed by atoms with E-state index in [4.69, 9.17) is 4.74 Å². The van der Waals surface area contributed by atoms with E-state index in [0.29, 0.717) is 18.7 Å². The van der Waals surface area contributed by atoms with Crippen LogP contribution in [0.15, 0.2) is 70.5 Å². The maximum absolute atomic E-state index is 13.7. The minimum atomic E-state index is -0.178. The second-order valence-electron chi connectivity index (χ2n) is 8.48. The second-order valence-corrected chi connectivity index (χ2v) is 10.4. The molecule has 0 saturated heterocycles.